The first-order valence-corrected chi connectivity index (χ1v) is 3.37. The summed E-state index contributed by atoms with van der Waals surface area (Å²) < 4.78 is 4.57. The summed E-state index contributed by atoms with van der Waals surface area (Å²) in [5.74, 6) is 0.833. The molecule has 1 aliphatic rings. The van der Waals surface area contributed by atoms with Crippen LogP contribution in [0, 0.1) is 11.8 Å². The number of methoxy groups -OCH3 is 1. The molecule has 1 fully saturated rings. The van der Waals surface area contributed by atoms with Gasteiger partial charge in [-0.1, -0.05) is 6.32 Å². The molecule has 1 rings (SSSR count). The van der Waals surface area contributed by atoms with Crippen LogP contribution >= 0.6 is 0 Å². The van der Waals surface area contributed by atoms with E-state index in [2.05, 4.69) is 12.6 Å². The van der Waals surface area contributed by atoms with E-state index in [0.717, 1.165) is 12.7 Å². The molecular weight excluding hydrogens is 115 g/mol. The van der Waals surface area contributed by atoms with Gasteiger partial charge in [0.25, 0.3) is 0 Å². The Morgan fingerprint density at radius 3 is 2.89 bits per heavy atom. The molecule has 0 unspecified atom stereocenters. The van der Waals surface area contributed by atoms with Gasteiger partial charge in [0, 0.05) is 0 Å². The minimum atomic E-state index is -0.0261. The van der Waals surface area contributed by atoms with Crippen LogP contribution in [0.25, 0.3) is 0 Å². The summed E-state index contributed by atoms with van der Waals surface area (Å²) in [6, 6.07) is 0. The monoisotopic (exact) mass is 126 g/mol. The van der Waals surface area contributed by atoms with Crippen molar-refractivity contribution in [3.63, 3.8) is 0 Å². The van der Waals surface area contributed by atoms with E-state index >= 15 is 0 Å². The van der Waals surface area contributed by atoms with Crippen molar-refractivity contribution in [1.29, 1.82) is 0 Å². The maximum absolute atomic E-state index is 10.7. The lowest BCUT2D eigenvalue weighted by Gasteiger charge is -1.93. The van der Waals surface area contributed by atoms with Crippen molar-refractivity contribution in [1.82, 2.24) is 0 Å². The van der Waals surface area contributed by atoms with Gasteiger partial charge in [-0.05, 0) is 12.3 Å². The van der Waals surface area contributed by atoms with Gasteiger partial charge in [-0.25, -0.2) is 0 Å². The molecule has 2 atom stereocenters. The van der Waals surface area contributed by atoms with E-state index < -0.39 is 0 Å². The molecule has 0 radical (unpaired) electrons. The van der Waals surface area contributed by atoms with Crippen LogP contribution in [0.15, 0.2) is 0 Å². The molecule has 3 heteroatoms. The second-order valence-electron chi connectivity index (χ2n) is 2.53. The Morgan fingerprint density at radius 1 is 1.89 bits per heavy atom. The highest BCUT2D eigenvalue weighted by Crippen LogP contribution is 2.41. The number of hydrogen-bond acceptors (Lipinski definition) is 2. The molecular formula is C6H11BO2. The van der Waals surface area contributed by atoms with Gasteiger partial charge in [0.2, 0.25) is 0 Å². The number of rotatable bonds is 2. The van der Waals surface area contributed by atoms with Crippen molar-refractivity contribution in [2.75, 3.05) is 7.11 Å². The first-order valence-electron chi connectivity index (χ1n) is 3.37. The van der Waals surface area contributed by atoms with Crippen LogP contribution in [0.2, 0.25) is 6.32 Å². The number of carbonyl (C=O) groups excluding carboxylic acids is 1. The molecule has 0 aromatic carbocycles. The van der Waals surface area contributed by atoms with Crippen LogP contribution in [0.5, 0.6) is 0 Å². The first kappa shape index (κ1) is 6.65. The average Bonchev–Trinajstić information content (AvgIpc) is 2.64. The van der Waals surface area contributed by atoms with E-state index in [4.69, 9.17) is 0 Å². The molecule has 0 heterocycles. The summed E-state index contributed by atoms with van der Waals surface area (Å²) in [4.78, 5) is 10.7. The van der Waals surface area contributed by atoms with E-state index in [9.17, 15) is 4.79 Å². The predicted octanol–water partition coefficient (Wildman–Crippen LogP) is -0.153. The average molecular weight is 126 g/mol. The molecule has 2 nitrogen and oxygen atoms in total. The Morgan fingerprint density at radius 2 is 2.56 bits per heavy atom. The molecule has 0 bridgehead atoms. The minimum absolute atomic E-state index is 0.0261. The highest BCUT2D eigenvalue weighted by molar-refractivity contribution is 6.09. The molecule has 0 aliphatic heterocycles. The Hall–Kier alpha value is -0.465. The smallest absolute Gasteiger partial charge is 0.308 e. The fraction of sp³-hybridized carbons (Fsp3) is 0.833. The lowest BCUT2D eigenvalue weighted by molar-refractivity contribution is -0.142. The number of ether oxygens (including phenoxy) is 1. The van der Waals surface area contributed by atoms with Crippen LogP contribution in [-0.2, 0) is 9.53 Å². The van der Waals surface area contributed by atoms with Gasteiger partial charge in [-0.2, -0.15) is 0 Å². The molecule has 0 aromatic heterocycles. The van der Waals surface area contributed by atoms with Crippen molar-refractivity contribution in [3.8, 4) is 0 Å². The summed E-state index contributed by atoms with van der Waals surface area (Å²) in [6.07, 6.45) is 2.16. The fourth-order valence-corrected chi connectivity index (χ4v) is 1.14. The summed E-state index contributed by atoms with van der Waals surface area (Å²) in [5.41, 5.74) is 0. The summed E-state index contributed by atoms with van der Waals surface area (Å²) in [6.45, 7) is 0. The van der Waals surface area contributed by atoms with E-state index in [1.807, 2.05) is 0 Å². The molecule has 0 aromatic rings. The zero-order valence-corrected chi connectivity index (χ0v) is 5.89. The highest BCUT2D eigenvalue weighted by atomic mass is 16.5. The van der Waals surface area contributed by atoms with E-state index in [-0.39, 0.29) is 11.9 Å². The maximum atomic E-state index is 10.7. The molecule has 1 aliphatic carbocycles. The molecule has 0 spiro atoms. The Balaban J connectivity index is 2.25. The molecule has 9 heavy (non-hydrogen) atoms. The zero-order chi connectivity index (χ0) is 6.85. The quantitative estimate of drug-likeness (QED) is 0.379. The van der Waals surface area contributed by atoms with Crippen LogP contribution in [-0.4, -0.2) is 20.9 Å². The van der Waals surface area contributed by atoms with Gasteiger partial charge in [0.05, 0.1) is 13.0 Å². The Kier molecular flexibility index (Phi) is 1.79. The number of esters is 1. The number of carbonyl (C=O) groups is 1. The molecule has 50 valence electrons. The molecule has 0 saturated heterocycles. The highest BCUT2D eigenvalue weighted by Gasteiger charge is 2.41. The molecule has 0 amide bonds. The second-order valence-corrected chi connectivity index (χ2v) is 2.53. The fourth-order valence-electron chi connectivity index (χ4n) is 1.14. The summed E-state index contributed by atoms with van der Waals surface area (Å²) in [5, 5.41) is 0. The third-order valence-electron chi connectivity index (χ3n) is 1.95. The van der Waals surface area contributed by atoms with Crippen LogP contribution in [0.3, 0.4) is 0 Å². The summed E-state index contributed by atoms with van der Waals surface area (Å²) >= 11 is 0. The van der Waals surface area contributed by atoms with Crippen molar-refractivity contribution in [3.05, 3.63) is 0 Å². The minimum Gasteiger partial charge on any atom is -0.469 e. The van der Waals surface area contributed by atoms with Crippen molar-refractivity contribution in [2.45, 2.75) is 12.7 Å². The van der Waals surface area contributed by atoms with Crippen LogP contribution < -0.4 is 0 Å². The second kappa shape index (κ2) is 2.42. The summed E-state index contributed by atoms with van der Waals surface area (Å²) in [7, 11) is 3.56. The topological polar surface area (TPSA) is 26.3 Å². The van der Waals surface area contributed by atoms with Crippen LogP contribution in [0.1, 0.15) is 6.42 Å². The Bertz CT molecular complexity index is 124. The first-order chi connectivity index (χ1) is 4.29. The van der Waals surface area contributed by atoms with Gasteiger partial charge < -0.3 is 4.74 Å². The van der Waals surface area contributed by atoms with Gasteiger partial charge in [0.1, 0.15) is 7.85 Å². The lowest BCUT2D eigenvalue weighted by atomic mass is 9.99. The normalized spacial score (nSPS) is 31.7. The van der Waals surface area contributed by atoms with Gasteiger partial charge >= 0.3 is 5.97 Å². The molecule has 1 saturated carbocycles. The third-order valence-corrected chi connectivity index (χ3v) is 1.95. The van der Waals surface area contributed by atoms with Crippen molar-refractivity contribution >= 4 is 13.8 Å². The van der Waals surface area contributed by atoms with E-state index in [1.54, 1.807) is 0 Å². The van der Waals surface area contributed by atoms with Crippen LogP contribution in [0.4, 0.5) is 0 Å². The largest absolute Gasteiger partial charge is 0.469 e. The van der Waals surface area contributed by atoms with Crippen molar-refractivity contribution < 1.29 is 9.53 Å². The molecule has 0 N–H and O–H groups in total. The van der Waals surface area contributed by atoms with E-state index in [0.29, 0.717) is 5.92 Å². The standard InChI is InChI=1S/C6H11BO2/c1-9-6(8)5-2-4(5)3-7/h4-5H,2-3,7H2,1H3/t4-,5+/m0/s1. The SMILES string of the molecule is BC[C@@H]1C[C@H]1C(=O)OC. The zero-order valence-electron chi connectivity index (χ0n) is 5.89. The lowest BCUT2D eigenvalue weighted by Crippen LogP contribution is -2.03. The predicted molar refractivity (Wildman–Crippen MR) is 37.0 cm³/mol. The third kappa shape index (κ3) is 1.26. The van der Waals surface area contributed by atoms with Gasteiger partial charge in [0.15, 0.2) is 0 Å². The van der Waals surface area contributed by atoms with Gasteiger partial charge in [-0.15, -0.1) is 0 Å². The van der Waals surface area contributed by atoms with Gasteiger partial charge in [-0.3, -0.25) is 4.79 Å². The van der Waals surface area contributed by atoms with Crippen molar-refractivity contribution in [2.24, 2.45) is 11.8 Å². The Labute approximate surface area is 56.0 Å². The maximum Gasteiger partial charge on any atom is 0.308 e. The number of hydrogen-bond donors (Lipinski definition) is 0. The van der Waals surface area contributed by atoms with E-state index in [1.165, 1.54) is 7.11 Å².